The van der Waals surface area contributed by atoms with Crippen LogP contribution in [0.15, 0.2) is 54.6 Å². The molecule has 0 spiro atoms. The van der Waals surface area contributed by atoms with Gasteiger partial charge in [0.1, 0.15) is 0 Å². The van der Waals surface area contributed by atoms with Gasteiger partial charge in [0.2, 0.25) is 0 Å². The predicted molar refractivity (Wildman–Crippen MR) is 111 cm³/mol. The van der Waals surface area contributed by atoms with Crippen molar-refractivity contribution in [2.45, 2.75) is 31.2 Å². The molecule has 0 unspecified atom stereocenters. The molecular formula is C23H23N3O3. The average molecular weight is 389 g/mol. The van der Waals surface area contributed by atoms with Gasteiger partial charge >= 0.3 is 0 Å². The summed E-state index contributed by atoms with van der Waals surface area (Å²) in [5.41, 5.74) is 3.93. The molecule has 0 saturated carbocycles. The van der Waals surface area contributed by atoms with Crippen LogP contribution in [0.2, 0.25) is 0 Å². The number of nitrogens with one attached hydrogen (secondary N) is 1. The Morgan fingerprint density at radius 3 is 2.59 bits per heavy atom. The first-order valence-corrected chi connectivity index (χ1v) is 10.2. The molecule has 1 amide bonds. The summed E-state index contributed by atoms with van der Waals surface area (Å²) in [6, 6.07) is 12.8. The number of amides is 1. The zero-order valence-corrected chi connectivity index (χ0v) is 16.1. The minimum Gasteiger partial charge on any atom is -0.377 e. The first-order valence-electron chi connectivity index (χ1n) is 10.2. The van der Waals surface area contributed by atoms with E-state index in [0.717, 1.165) is 49.2 Å². The molecule has 6 nitrogen and oxygen atoms in total. The van der Waals surface area contributed by atoms with E-state index in [1.165, 1.54) is 5.56 Å². The highest BCUT2D eigenvalue weighted by Gasteiger charge is 2.39. The second-order valence-electron chi connectivity index (χ2n) is 8.09. The van der Waals surface area contributed by atoms with Gasteiger partial charge < -0.3 is 10.2 Å². The number of carbonyl (C=O) groups is 1. The summed E-state index contributed by atoms with van der Waals surface area (Å²) in [6.45, 7) is 1.64. The van der Waals surface area contributed by atoms with Gasteiger partial charge in [-0.3, -0.25) is 14.9 Å². The highest BCUT2D eigenvalue weighted by atomic mass is 16.6. The maximum atomic E-state index is 13.2. The van der Waals surface area contributed by atoms with E-state index >= 15 is 0 Å². The van der Waals surface area contributed by atoms with E-state index in [-0.39, 0.29) is 28.5 Å². The number of rotatable bonds is 3. The maximum absolute atomic E-state index is 13.2. The van der Waals surface area contributed by atoms with Crippen molar-refractivity contribution in [3.63, 3.8) is 0 Å². The molecule has 1 saturated heterocycles. The lowest BCUT2D eigenvalue weighted by molar-refractivity contribution is -0.384. The van der Waals surface area contributed by atoms with E-state index in [4.69, 9.17) is 0 Å². The Labute approximate surface area is 169 Å². The summed E-state index contributed by atoms with van der Waals surface area (Å²) in [6.07, 6.45) is 7.52. The SMILES string of the molecule is O=C(c1cccc2c1N[C@H](c1ccc([N+](=O)[O-])cc1)[C@H]1CC=C[C@H]21)N1CCCC1. The molecule has 2 aromatic carbocycles. The van der Waals surface area contributed by atoms with Gasteiger partial charge in [0, 0.05) is 31.1 Å². The van der Waals surface area contributed by atoms with Crippen LogP contribution in [0.4, 0.5) is 11.4 Å². The number of nitro benzene ring substituents is 1. The molecule has 5 rings (SSSR count). The number of hydrogen-bond acceptors (Lipinski definition) is 4. The van der Waals surface area contributed by atoms with Gasteiger partial charge in [0.25, 0.3) is 11.6 Å². The molecular weight excluding hydrogens is 366 g/mol. The Balaban J connectivity index is 1.54. The number of fused-ring (bicyclic) bond motifs is 3. The van der Waals surface area contributed by atoms with Gasteiger partial charge in [0.15, 0.2) is 0 Å². The fraction of sp³-hybridized carbons (Fsp3) is 0.348. The number of anilines is 1. The van der Waals surface area contributed by atoms with Crippen molar-refractivity contribution in [1.82, 2.24) is 4.90 Å². The Bertz CT molecular complexity index is 993. The second kappa shape index (κ2) is 7.03. The molecule has 29 heavy (non-hydrogen) atoms. The fourth-order valence-corrected chi connectivity index (χ4v) is 5.02. The minimum atomic E-state index is -0.375. The summed E-state index contributed by atoms with van der Waals surface area (Å²) in [4.78, 5) is 25.7. The third-order valence-corrected chi connectivity index (χ3v) is 6.48. The molecule has 0 radical (unpaired) electrons. The molecule has 1 fully saturated rings. The van der Waals surface area contributed by atoms with Gasteiger partial charge in [-0.15, -0.1) is 0 Å². The monoisotopic (exact) mass is 389 g/mol. The first-order chi connectivity index (χ1) is 14.1. The number of non-ortho nitro benzene ring substituents is 1. The Morgan fingerprint density at radius 1 is 1.10 bits per heavy atom. The summed E-state index contributed by atoms with van der Waals surface area (Å²) < 4.78 is 0. The number of benzene rings is 2. The average Bonchev–Trinajstić information content (AvgIpc) is 3.44. The van der Waals surface area contributed by atoms with Crippen molar-refractivity contribution in [2.24, 2.45) is 5.92 Å². The largest absolute Gasteiger partial charge is 0.377 e. The normalized spacial score (nSPS) is 24.7. The van der Waals surface area contributed by atoms with Crippen LogP contribution in [0.5, 0.6) is 0 Å². The number of nitrogens with zero attached hydrogens (tertiary/aromatic N) is 2. The van der Waals surface area contributed by atoms with Gasteiger partial charge in [-0.25, -0.2) is 0 Å². The third kappa shape index (κ3) is 2.99. The molecule has 2 aliphatic heterocycles. The van der Waals surface area contributed by atoms with E-state index < -0.39 is 0 Å². The molecule has 6 heteroatoms. The summed E-state index contributed by atoms with van der Waals surface area (Å²) in [5, 5.41) is 14.7. The minimum absolute atomic E-state index is 0.0100. The van der Waals surface area contributed by atoms with Crippen molar-refractivity contribution in [3.05, 3.63) is 81.4 Å². The van der Waals surface area contributed by atoms with E-state index in [9.17, 15) is 14.9 Å². The fourth-order valence-electron chi connectivity index (χ4n) is 5.02. The van der Waals surface area contributed by atoms with Gasteiger partial charge in [-0.2, -0.15) is 0 Å². The highest BCUT2D eigenvalue weighted by Crippen LogP contribution is 2.50. The van der Waals surface area contributed by atoms with Crippen molar-refractivity contribution in [2.75, 3.05) is 18.4 Å². The molecule has 2 aromatic rings. The molecule has 148 valence electrons. The molecule has 3 atom stereocenters. The highest BCUT2D eigenvalue weighted by molar-refractivity contribution is 6.01. The lowest BCUT2D eigenvalue weighted by atomic mass is 9.76. The van der Waals surface area contributed by atoms with Crippen molar-refractivity contribution in [1.29, 1.82) is 0 Å². The number of allylic oxidation sites excluding steroid dienone is 2. The zero-order valence-electron chi connectivity index (χ0n) is 16.1. The molecule has 1 aliphatic carbocycles. The van der Waals surface area contributed by atoms with E-state index in [0.29, 0.717) is 5.92 Å². The Morgan fingerprint density at radius 2 is 1.86 bits per heavy atom. The van der Waals surface area contributed by atoms with Crippen LogP contribution in [0.1, 0.15) is 52.7 Å². The second-order valence-corrected chi connectivity index (χ2v) is 8.09. The van der Waals surface area contributed by atoms with Crippen LogP contribution in [0.3, 0.4) is 0 Å². The number of nitro groups is 1. The first kappa shape index (κ1) is 17.9. The molecule has 0 aromatic heterocycles. The van der Waals surface area contributed by atoms with Crippen LogP contribution in [0, 0.1) is 16.0 Å². The lowest BCUT2D eigenvalue weighted by Gasteiger charge is -2.38. The molecule has 0 bridgehead atoms. The number of hydrogen-bond donors (Lipinski definition) is 1. The summed E-state index contributed by atoms with van der Waals surface area (Å²) in [5.74, 6) is 0.675. The maximum Gasteiger partial charge on any atom is 0.269 e. The van der Waals surface area contributed by atoms with Crippen LogP contribution < -0.4 is 5.32 Å². The number of carbonyl (C=O) groups excluding carboxylic acids is 1. The summed E-state index contributed by atoms with van der Waals surface area (Å²) in [7, 11) is 0. The third-order valence-electron chi connectivity index (χ3n) is 6.48. The van der Waals surface area contributed by atoms with Crippen LogP contribution >= 0.6 is 0 Å². The Kier molecular flexibility index (Phi) is 4.34. The van der Waals surface area contributed by atoms with E-state index in [1.54, 1.807) is 12.1 Å². The van der Waals surface area contributed by atoms with Gasteiger partial charge in [-0.1, -0.05) is 36.4 Å². The smallest absolute Gasteiger partial charge is 0.269 e. The van der Waals surface area contributed by atoms with Crippen LogP contribution in [0.25, 0.3) is 0 Å². The van der Waals surface area contributed by atoms with Crippen LogP contribution in [-0.4, -0.2) is 28.8 Å². The standard InChI is InChI=1S/C23H23N3O3/c27-23(25-13-1-2-14-25)20-8-4-7-19-17-5-3-6-18(17)21(24-22(19)20)15-9-11-16(12-10-15)26(28)29/h3-5,7-12,17-18,21,24H,1-2,6,13-14H2/t17-,18-,21+/m0/s1. The predicted octanol–water partition coefficient (Wildman–Crippen LogP) is 4.66. The Hall–Kier alpha value is -3.15. The number of para-hydroxylation sites is 1. The van der Waals surface area contributed by atoms with Crippen molar-refractivity contribution < 1.29 is 9.72 Å². The molecule has 3 aliphatic rings. The topological polar surface area (TPSA) is 75.5 Å². The number of likely N-dealkylation sites (tertiary alicyclic amines) is 1. The molecule has 1 N–H and O–H groups in total. The van der Waals surface area contributed by atoms with Crippen molar-refractivity contribution >= 4 is 17.3 Å². The van der Waals surface area contributed by atoms with Gasteiger partial charge in [-0.05, 0) is 42.4 Å². The van der Waals surface area contributed by atoms with Crippen LogP contribution in [-0.2, 0) is 0 Å². The quantitative estimate of drug-likeness (QED) is 0.471. The summed E-state index contributed by atoms with van der Waals surface area (Å²) >= 11 is 0. The van der Waals surface area contributed by atoms with E-state index in [1.807, 2.05) is 29.2 Å². The van der Waals surface area contributed by atoms with E-state index in [2.05, 4.69) is 23.5 Å². The lowest BCUT2D eigenvalue weighted by Crippen LogP contribution is -2.33. The van der Waals surface area contributed by atoms with Crippen molar-refractivity contribution in [3.8, 4) is 0 Å². The van der Waals surface area contributed by atoms with Gasteiger partial charge in [0.05, 0.1) is 22.2 Å². The zero-order chi connectivity index (χ0) is 20.0. The molecule has 2 heterocycles.